The van der Waals surface area contributed by atoms with Crippen LogP contribution in [0.1, 0.15) is 40.0 Å². The summed E-state index contributed by atoms with van der Waals surface area (Å²) in [6.07, 6.45) is -1.67. The van der Waals surface area contributed by atoms with Crippen LogP contribution in [0.25, 0.3) is 0 Å². The molecule has 1 heterocycles. The fraction of sp³-hybridized carbons (Fsp3) is 0.909. The van der Waals surface area contributed by atoms with Gasteiger partial charge in [-0.05, 0) is 40.0 Å². The standard InChI is InChI=1S/C11H20F2N2O2/c1-11(2,3)17-10(16)15-8-6-4-5-7(14-8)9(12)13/h7-9,14H,4-6H2,1-3H3,(H,15,16). The maximum Gasteiger partial charge on any atom is 0.408 e. The summed E-state index contributed by atoms with van der Waals surface area (Å²) in [5, 5.41) is 5.26. The first-order chi connectivity index (χ1) is 7.78. The molecule has 0 saturated carbocycles. The van der Waals surface area contributed by atoms with Gasteiger partial charge in [0.15, 0.2) is 0 Å². The average Bonchev–Trinajstić information content (AvgIpc) is 2.14. The zero-order chi connectivity index (χ0) is 13.1. The van der Waals surface area contributed by atoms with E-state index in [0.29, 0.717) is 19.3 Å². The molecule has 1 rings (SSSR count). The Kier molecular flexibility index (Phi) is 4.68. The van der Waals surface area contributed by atoms with Gasteiger partial charge in [0.1, 0.15) is 5.60 Å². The lowest BCUT2D eigenvalue weighted by molar-refractivity contribution is 0.0398. The van der Waals surface area contributed by atoms with Gasteiger partial charge < -0.3 is 10.1 Å². The number of hydrogen-bond donors (Lipinski definition) is 2. The van der Waals surface area contributed by atoms with E-state index in [9.17, 15) is 13.6 Å². The number of alkyl carbamates (subject to hydrolysis) is 1. The highest BCUT2D eigenvalue weighted by molar-refractivity contribution is 5.68. The third kappa shape index (κ3) is 5.30. The van der Waals surface area contributed by atoms with Crippen LogP contribution < -0.4 is 10.6 Å². The van der Waals surface area contributed by atoms with Crippen LogP contribution in [-0.4, -0.2) is 30.3 Å². The van der Waals surface area contributed by atoms with E-state index in [4.69, 9.17) is 4.74 Å². The summed E-state index contributed by atoms with van der Waals surface area (Å²) in [4.78, 5) is 11.4. The zero-order valence-corrected chi connectivity index (χ0v) is 10.4. The highest BCUT2D eigenvalue weighted by atomic mass is 19.3. The quantitative estimate of drug-likeness (QED) is 0.790. The number of piperidine rings is 1. The van der Waals surface area contributed by atoms with Crippen molar-refractivity contribution in [2.24, 2.45) is 0 Å². The second-order valence-corrected chi connectivity index (χ2v) is 5.24. The summed E-state index contributed by atoms with van der Waals surface area (Å²) in [5.74, 6) is 0. The van der Waals surface area contributed by atoms with Crippen LogP contribution in [0.15, 0.2) is 0 Å². The fourth-order valence-electron chi connectivity index (χ4n) is 1.73. The van der Waals surface area contributed by atoms with E-state index in [1.807, 2.05) is 0 Å². The molecule has 0 aromatic rings. The molecule has 1 aliphatic heterocycles. The highest BCUT2D eigenvalue weighted by Crippen LogP contribution is 2.17. The van der Waals surface area contributed by atoms with E-state index in [-0.39, 0.29) is 0 Å². The number of carbonyl (C=O) groups is 1. The van der Waals surface area contributed by atoms with Crippen molar-refractivity contribution in [2.75, 3.05) is 0 Å². The Hall–Kier alpha value is -0.910. The maximum absolute atomic E-state index is 12.5. The van der Waals surface area contributed by atoms with Crippen molar-refractivity contribution in [1.82, 2.24) is 10.6 Å². The van der Waals surface area contributed by atoms with Gasteiger partial charge in [-0.1, -0.05) is 0 Å². The molecule has 4 nitrogen and oxygen atoms in total. The van der Waals surface area contributed by atoms with E-state index >= 15 is 0 Å². The third-order valence-corrected chi connectivity index (χ3v) is 2.42. The Morgan fingerprint density at radius 3 is 2.59 bits per heavy atom. The van der Waals surface area contributed by atoms with Crippen molar-refractivity contribution in [3.63, 3.8) is 0 Å². The first-order valence-corrected chi connectivity index (χ1v) is 5.81. The number of ether oxygens (including phenoxy) is 1. The molecular formula is C11H20F2N2O2. The van der Waals surface area contributed by atoms with E-state index < -0.39 is 30.3 Å². The highest BCUT2D eigenvalue weighted by Gasteiger charge is 2.29. The minimum absolute atomic E-state index is 0.433. The molecular weight excluding hydrogens is 230 g/mol. The van der Waals surface area contributed by atoms with E-state index in [0.717, 1.165) is 0 Å². The van der Waals surface area contributed by atoms with Gasteiger partial charge in [-0.3, -0.25) is 5.32 Å². The van der Waals surface area contributed by atoms with Crippen LogP contribution in [-0.2, 0) is 4.74 Å². The minimum Gasteiger partial charge on any atom is -0.444 e. The molecule has 0 aromatic carbocycles. The summed E-state index contributed by atoms with van der Waals surface area (Å²) < 4.78 is 30.1. The fourth-order valence-corrected chi connectivity index (χ4v) is 1.73. The van der Waals surface area contributed by atoms with Gasteiger partial charge in [-0.25, -0.2) is 13.6 Å². The van der Waals surface area contributed by atoms with Crippen LogP contribution in [0, 0.1) is 0 Å². The lowest BCUT2D eigenvalue weighted by Crippen LogP contribution is -2.55. The van der Waals surface area contributed by atoms with Gasteiger partial charge in [-0.15, -0.1) is 0 Å². The first-order valence-electron chi connectivity index (χ1n) is 5.81. The minimum atomic E-state index is -2.40. The molecule has 0 aromatic heterocycles. The SMILES string of the molecule is CC(C)(C)OC(=O)NC1CCCC(C(F)F)N1. The predicted molar refractivity (Wildman–Crippen MR) is 59.9 cm³/mol. The first kappa shape index (κ1) is 14.2. The Bertz CT molecular complexity index is 267. The molecule has 2 N–H and O–H groups in total. The zero-order valence-electron chi connectivity index (χ0n) is 10.4. The number of hydrogen-bond acceptors (Lipinski definition) is 3. The smallest absolute Gasteiger partial charge is 0.408 e. The number of halogens is 2. The van der Waals surface area contributed by atoms with Crippen LogP contribution in [0.2, 0.25) is 0 Å². The molecule has 1 aliphatic rings. The molecule has 0 aliphatic carbocycles. The second kappa shape index (κ2) is 5.62. The van der Waals surface area contributed by atoms with Crippen molar-refractivity contribution in [3.8, 4) is 0 Å². The van der Waals surface area contributed by atoms with Crippen molar-refractivity contribution >= 4 is 6.09 Å². The van der Waals surface area contributed by atoms with Crippen molar-refractivity contribution in [2.45, 2.75) is 64.3 Å². The van der Waals surface area contributed by atoms with Gasteiger partial charge in [0, 0.05) is 0 Å². The monoisotopic (exact) mass is 250 g/mol. The summed E-state index contributed by atoms with van der Waals surface area (Å²) in [6, 6.07) is -0.844. The number of carbonyl (C=O) groups excluding carboxylic acids is 1. The molecule has 0 bridgehead atoms. The predicted octanol–water partition coefficient (Wildman–Crippen LogP) is 2.24. The summed E-state index contributed by atoms with van der Waals surface area (Å²) >= 11 is 0. The Labute approximate surface area is 100 Å². The van der Waals surface area contributed by atoms with Gasteiger partial charge in [0.2, 0.25) is 0 Å². The number of alkyl halides is 2. The van der Waals surface area contributed by atoms with Gasteiger partial charge in [0.05, 0.1) is 12.2 Å². The van der Waals surface area contributed by atoms with Crippen molar-refractivity contribution in [3.05, 3.63) is 0 Å². The normalized spacial score (nSPS) is 25.8. The van der Waals surface area contributed by atoms with Gasteiger partial charge in [-0.2, -0.15) is 0 Å². The van der Waals surface area contributed by atoms with Gasteiger partial charge >= 0.3 is 6.09 Å². The molecule has 1 amide bonds. The van der Waals surface area contributed by atoms with E-state index in [1.54, 1.807) is 20.8 Å². The topological polar surface area (TPSA) is 50.4 Å². The lowest BCUT2D eigenvalue weighted by atomic mass is 10.0. The van der Waals surface area contributed by atoms with E-state index in [1.165, 1.54) is 0 Å². The van der Waals surface area contributed by atoms with Crippen molar-refractivity contribution < 1.29 is 18.3 Å². The molecule has 2 atom stereocenters. The molecule has 17 heavy (non-hydrogen) atoms. The summed E-state index contributed by atoms with van der Waals surface area (Å²) in [6.45, 7) is 5.26. The number of nitrogens with one attached hydrogen (secondary N) is 2. The van der Waals surface area contributed by atoms with Crippen LogP contribution in [0.4, 0.5) is 13.6 Å². The summed E-state index contributed by atoms with van der Waals surface area (Å²) in [7, 11) is 0. The summed E-state index contributed by atoms with van der Waals surface area (Å²) in [5.41, 5.74) is -0.582. The maximum atomic E-state index is 12.5. The molecule has 100 valence electrons. The van der Waals surface area contributed by atoms with Crippen LogP contribution in [0.3, 0.4) is 0 Å². The number of rotatable bonds is 2. The lowest BCUT2D eigenvalue weighted by Gasteiger charge is -2.31. The Balaban J connectivity index is 2.38. The average molecular weight is 250 g/mol. The van der Waals surface area contributed by atoms with Crippen LogP contribution in [0.5, 0.6) is 0 Å². The molecule has 0 spiro atoms. The third-order valence-electron chi connectivity index (χ3n) is 2.42. The Morgan fingerprint density at radius 2 is 2.06 bits per heavy atom. The largest absolute Gasteiger partial charge is 0.444 e. The number of amides is 1. The Morgan fingerprint density at radius 1 is 1.41 bits per heavy atom. The molecule has 0 radical (unpaired) electrons. The molecule has 1 saturated heterocycles. The van der Waals surface area contributed by atoms with Gasteiger partial charge in [0.25, 0.3) is 6.43 Å². The van der Waals surface area contributed by atoms with Crippen molar-refractivity contribution in [1.29, 1.82) is 0 Å². The second-order valence-electron chi connectivity index (χ2n) is 5.24. The molecule has 6 heteroatoms. The van der Waals surface area contributed by atoms with Crippen LogP contribution >= 0.6 is 0 Å². The van der Waals surface area contributed by atoms with E-state index in [2.05, 4.69) is 10.6 Å². The molecule has 2 unspecified atom stereocenters. The molecule has 1 fully saturated rings.